The van der Waals surface area contributed by atoms with Crippen LogP contribution < -0.4 is 11.3 Å². The van der Waals surface area contributed by atoms with Crippen molar-refractivity contribution in [2.75, 3.05) is 6.54 Å². The summed E-state index contributed by atoms with van der Waals surface area (Å²) in [6.45, 7) is 0.458. The lowest BCUT2D eigenvalue weighted by Gasteiger charge is -1.99. The molecule has 0 radical (unpaired) electrons. The van der Waals surface area contributed by atoms with Crippen molar-refractivity contribution in [3.63, 3.8) is 0 Å². The van der Waals surface area contributed by atoms with Crippen molar-refractivity contribution < 1.29 is 5.11 Å². The normalized spacial score (nSPS) is 9.91. The molecular weight excluding hydrogens is 144 g/mol. The molecule has 0 saturated carbocycles. The number of nitrogens with two attached hydrogens (primary N) is 1. The predicted octanol–water partition coefficient (Wildman–Crippen LogP) is -0.418. The molecule has 60 valence electrons. The van der Waals surface area contributed by atoms with Crippen molar-refractivity contribution in [2.24, 2.45) is 5.73 Å². The summed E-state index contributed by atoms with van der Waals surface area (Å²) in [4.78, 5) is 13.1. The lowest BCUT2D eigenvalue weighted by molar-refractivity contribution is 0.466. The maximum atomic E-state index is 10.6. The van der Waals surface area contributed by atoms with Gasteiger partial charge >= 0.3 is 0 Å². The van der Waals surface area contributed by atoms with Gasteiger partial charge in [-0.1, -0.05) is 0 Å². The summed E-state index contributed by atoms with van der Waals surface area (Å²) in [6.07, 6.45) is 2.05. The molecule has 1 rings (SSSR count). The van der Waals surface area contributed by atoms with Crippen molar-refractivity contribution >= 4 is 0 Å². The molecular formula is C7H10N2O2. The van der Waals surface area contributed by atoms with Crippen LogP contribution in [0.2, 0.25) is 0 Å². The molecule has 1 heterocycles. The summed E-state index contributed by atoms with van der Waals surface area (Å²) in [5, 5.41) is 9.15. The van der Waals surface area contributed by atoms with Crippen LogP contribution in [0, 0.1) is 0 Å². The number of aromatic nitrogens is 1. The van der Waals surface area contributed by atoms with Crippen molar-refractivity contribution in [2.45, 2.75) is 6.42 Å². The summed E-state index contributed by atoms with van der Waals surface area (Å²) in [7, 11) is 0. The maximum absolute atomic E-state index is 10.6. The second-order valence-corrected chi connectivity index (χ2v) is 2.25. The van der Waals surface area contributed by atoms with E-state index in [4.69, 9.17) is 10.8 Å². The van der Waals surface area contributed by atoms with Crippen LogP contribution in [0.15, 0.2) is 17.1 Å². The van der Waals surface area contributed by atoms with Crippen molar-refractivity contribution in [3.05, 3.63) is 28.2 Å². The summed E-state index contributed by atoms with van der Waals surface area (Å²) >= 11 is 0. The Labute approximate surface area is 63.7 Å². The van der Waals surface area contributed by atoms with Crippen LogP contribution in [0.3, 0.4) is 0 Å². The number of nitrogens with one attached hydrogen (secondary N) is 1. The van der Waals surface area contributed by atoms with E-state index in [1.54, 1.807) is 0 Å². The zero-order valence-corrected chi connectivity index (χ0v) is 6.00. The van der Waals surface area contributed by atoms with Gasteiger partial charge in [0.2, 0.25) is 0 Å². The average molecular weight is 154 g/mol. The molecule has 0 fully saturated rings. The highest BCUT2D eigenvalue weighted by Crippen LogP contribution is 2.11. The number of rotatable bonds is 2. The lowest BCUT2D eigenvalue weighted by Crippen LogP contribution is -2.07. The molecule has 11 heavy (non-hydrogen) atoms. The maximum Gasteiger partial charge on any atom is 0.251 e. The van der Waals surface area contributed by atoms with Crippen molar-refractivity contribution in [1.82, 2.24) is 4.98 Å². The summed E-state index contributed by atoms with van der Waals surface area (Å²) < 4.78 is 0. The minimum absolute atomic E-state index is 0.0131. The van der Waals surface area contributed by atoms with E-state index in [1.807, 2.05) is 0 Å². The van der Waals surface area contributed by atoms with Crippen molar-refractivity contribution in [1.29, 1.82) is 0 Å². The largest absolute Gasteiger partial charge is 0.507 e. The number of pyridine rings is 1. The van der Waals surface area contributed by atoms with Gasteiger partial charge in [0.15, 0.2) is 0 Å². The molecule has 4 N–H and O–H groups in total. The molecule has 0 aromatic carbocycles. The van der Waals surface area contributed by atoms with Gasteiger partial charge in [0.1, 0.15) is 5.75 Å². The van der Waals surface area contributed by atoms with E-state index < -0.39 is 0 Å². The number of H-pyrrole nitrogens is 1. The fourth-order valence-electron chi connectivity index (χ4n) is 0.846. The molecule has 0 unspecified atom stereocenters. The molecule has 1 aromatic heterocycles. The van der Waals surface area contributed by atoms with Gasteiger partial charge in [-0.25, -0.2) is 0 Å². The summed E-state index contributed by atoms with van der Waals surface area (Å²) in [5.41, 5.74) is 5.64. The highest BCUT2D eigenvalue weighted by Gasteiger charge is 1.98. The number of hydrogen-bond acceptors (Lipinski definition) is 3. The summed E-state index contributed by atoms with van der Waals surface area (Å²) in [6, 6.07) is 1.14. The Morgan fingerprint density at radius 1 is 1.64 bits per heavy atom. The molecule has 0 spiro atoms. The smallest absolute Gasteiger partial charge is 0.251 e. The molecule has 0 amide bonds. The van der Waals surface area contributed by atoms with Crippen LogP contribution in [-0.4, -0.2) is 16.6 Å². The first-order valence-corrected chi connectivity index (χ1v) is 3.34. The van der Waals surface area contributed by atoms with E-state index in [0.29, 0.717) is 18.5 Å². The monoisotopic (exact) mass is 154 g/mol. The predicted molar refractivity (Wildman–Crippen MR) is 41.5 cm³/mol. The first kappa shape index (κ1) is 7.81. The molecule has 0 atom stereocenters. The Kier molecular flexibility index (Phi) is 2.28. The van der Waals surface area contributed by atoms with Crippen molar-refractivity contribution in [3.8, 4) is 5.75 Å². The highest BCUT2D eigenvalue weighted by molar-refractivity contribution is 5.28. The Morgan fingerprint density at radius 2 is 2.36 bits per heavy atom. The summed E-state index contributed by atoms with van der Waals surface area (Å²) in [5.74, 6) is 0.0131. The fraction of sp³-hybridized carbons (Fsp3) is 0.286. The molecule has 0 saturated heterocycles. The van der Waals surface area contributed by atoms with Crippen LogP contribution in [-0.2, 0) is 6.42 Å². The third kappa shape index (κ3) is 1.81. The van der Waals surface area contributed by atoms with Crippen LogP contribution in [0.5, 0.6) is 5.75 Å². The van der Waals surface area contributed by atoms with Crippen LogP contribution in [0.4, 0.5) is 0 Å². The SMILES string of the molecule is NCCc1c[nH]c(=O)cc1O. The minimum atomic E-state index is -0.303. The molecule has 0 aliphatic carbocycles. The van der Waals surface area contributed by atoms with Gasteiger partial charge in [-0.3, -0.25) is 4.79 Å². The van der Waals surface area contributed by atoms with E-state index in [2.05, 4.69) is 4.98 Å². The molecule has 0 aliphatic rings. The highest BCUT2D eigenvalue weighted by atomic mass is 16.3. The first-order chi connectivity index (χ1) is 5.24. The quantitative estimate of drug-likeness (QED) is 0.541. The third-order valence-electron chi connectivity index (χ3n) is 1.40. The van der Waals surface area contributed by atoms with Gasteiger partial charge < -0.3 is 15.8 Å². The third-order valence-corrected chi connectivity index (χ3v) is 1.40. The van der Waals surface area contributed by atoms with E-state index in [0.717, 1.165) is 6.07 Å². The zero-order chi connectivity index (χ0) is 8.27. The Morgan fingerprint density at radius 3 is 2.91 bits per heavy atom. The lowest BCUT2D eigenvalue weighted by atomic mass is 10.2. The molecule has 4 nitrogen and oxygen atoms in total. The van der Waals surface area contributed by atoms with Crippen LogP contribution in [0.1, 0.15) is 5.56 Å². The van der Waals surface area contributed by atoms with Crippen LogP contribution in [0.25, 0.3) is 0 Å². The van der Waals surface area contributed by atoms with Gasteiger partial charge in [0.05, 0.1) is 0 Å². The number of hydrogen-bond donors (Lipinski definition) is 3. The topological polar surface area (TPSA) is 79.1 Å². The van der Waals surface area contributed by atoms with E-state index in [-0.39, 0.29) is 11.3 Å². The molecule has 0 bridgehead atoms. The number of aromatic amines is 1. The van der Waals surface area contributed by atoms with E-state index in [1.165, 1.54) is 6.20 Å². The Balaban J connectivity index is 2.99. The fourth-order valence-corrected chi connectivity index (χ4v) is 0.846. The van der Waals surface area contributed by atoms with E-state index >= 15 is 0 Å². The van der Waals surface area contributed by atoms with Gasteiger partial charge in [0, 0.05) is 17.8 Å². The van der Waals surface area contributed by atoms with Gasteiger partial charge in [-0.15, -0.1) is 0 Å². The zero-order valence-electron chi connectivity index (χ0n) is 6.00. The van der Waals surface area contributed by atoms with E-state index in [9.17, 15) is 4.79 Å². The number of aromatic hydroxyl groups is 1. The van der Waals surface area contributed by atoms with Crippen LogP contribution >= 0.6 is 0 Å². The van der Waals surface area contributed by atoms with Gasteiger partial charge in [-0.05, 0) is 13.0 Å². The molecule has 4 heteroatoms. The van der Waals surface area contributed by atoms with Gasteiger partial charge in [0.25, 0.3) is 5.56 Å². The van der Waals surface area contributed by atoms with Gasteiger partial charge in [-0.2, -0.15) is 0 Å². The minimum Gasteiger partial charge on any atom is -0.507 e. The second kappa shape index (κ2) is 3.21. The Hall–Kier alpha value is -1.29. The molecule has 1 aromatic rings. The Bertz CT molecular complexity index is 293. The molecule has 0 aliphatic heterocycles. The first-order valence-electron chi connectivity index (χ1n) is 3.34. The second-order valence-electron chi connectivity index (χ2n) is 2.25. The standard InChI is InChI=1S/C7H10N2O2/c8-2-1-5-4-9-7(11)3-6(5)10/h3-4H,1-2,8H2,(H2,9,10,11). The average Bonchev–Trinajstić information content (AvgIpc) is 1.95.